The topological polar surface area (TPSA) is 37.3 Å². The van der Waals surface area contributed by atoms with E-state index in [9.17, 15) is 9.90 Å². The molecule has 104 valence electrons. The second-order valence-corrected chi connectivity index (χ2v) is 7.06. The van der Waals surface area contributed by atoms with E-state index in [-0.39, 0.29) is 16.9 Å². The van der Waals surface area contributed by atoms with Gasteiger partial charge in [0.2, 0.25) is 0 Å². The molecule has 0 fully saturated rings. The first-order chi connectivity index (χ1) is 9.29. The van der Waals surface area contributed by atoms with Crippen LogP contribution in [0, 0.1) is 3.57 Å². The smallest absolute Gasteiger partial charge is 0.196 e. The maximum Gasteiger partial charge on any atom is 0.196 e. The summed E-state index contributed by atoms with van der Waals surface area (Å²) in [5, 5.41) is 9.96. The molecule has 0 radical (unpaired) electrons. The summed E-state index contributed by atoms with van der Waals surface area (Å²) in [7, 11) is 0. The van der Waals surface area contributed by atoms with Crippen LogP contribution in [0.25, 0.3) is 0 Å². The summed E-state index contributed by atoms with van der Waals surface area (Å²) in [6.45, 7) is 6.25. The largest absolute Gasteiger partial charge is 0.507 e. The van der Waals surface area contributed by atoms with Crippen LogP contribution >= 0.6 is 22.6 Å². The van der Waals surface area contributed by atoms with Gasteiger partial charge in [-0.1, -0.05) is 26.8 Å². The summed E-state index contributed by atoms with van der Waals surface area (Å²) < 4.78 is 1.08. The lowest BCUT2D eigenvalue weighted by Crippen LogP contribution is -2.12. The Kier molecular flexibility index (Phi) is 4.18. The zero-order valence-corrected chi connectivity index (χ0v) is 13.9. The predicted molar refractivity (Wildman–Crippen MR) is 89.4 cm³/mol. The molecule has 2 rings (SSSR count). The number of ketones is 1. The van der Waals surface area contributed by atoms with Gasteiger partial charge in [0.25, 0.3) is 0 Å². The van der Waals surface area contributed by atoms with Gasteiger partial charge in [-0.15, -0.1) is 0 Å². The number of carbonyl (C=O) groups excluding carboxylic acids is 1. The van der Waals surface area contributed by atoms with E-state index >= 15 is 0 Å². The molecule has 0 bridgehead atoms. The number of halogens is 1. The van der Waals surface area contributed by atoms with Gasteiger partial charge in [0.1, 0.15) is 5.75 Å². The number of carbonyl (C=O) groups is 1. The van der Waals surface area contributed by atoms with Gasteiger partial charge in [0.05, 0.1) is 5.56 Å². The standard InChI is InChI=1S/C17H17IO2/c1-17(2,3)12-6-9-15(19)14(10-12)16(20)11-4-7-13(18)8-5-11/h4-10,19H,1-3H3. The average molecular weight is 380 g/mol. The van der Waals surface area contributed by atoms with Crippen LogP contribution in [0.1, 0.15) is 42.3 Å². The first kappa shape index (κ1) is 15.0. The van der Waals surface area contributed by atoms with E-state index < -0.39 is 0 Å². The molecule has 0 unspecified atom stereocenters. The number of rotatable bonds is 2. The average Bonchev–Trinajstić information content (AvgIpc) is 2.38. The first-order valence-electron chi connectivity index (χ1n) is 6.43. The van der Waals surface area contributed by atoms with Gasteiger partial charge in [-0.25, -0.2) is 0 Å². The van der Waals surface area contributed by atoms with Crippen molar-refractivity contribution in [3.05, 3.63) is 62.7 Å². The monoisotopic (exact) mass is 380 g/mol. The molecular weight excluding hydrogens is 363 g/mol. The minimum atomic E-state index is -0.148. The molecule has 0 saturated heterocycles. The second-order valence-electron chi connectivity index (χ2n) is 5.82. The Morgan fingerprint density at radius 1 is 1.05 bits per heavy atom. The van der Waals surface area contributed by atoms with Gasteiger partial charge in [0, 0.05) is 9.13 Å². The van der Waals surface area contributed by atoms with Crippen molar-refractivity contribution in [1.29, 1.82) is 0 Å². The fourth-order valence-corrected chi connectivity index (χ4v) is 2.30. The molecule has 2 nitrogen and oxygen atoms in total. The van der Waals surface area contributed by atoms with E-state index in [1.54, 1.807) is 24.3 Å². The predicted octanol–water partition coefficient (Wildman–Crippen LogP) is 4.53. The highest BCUT2D eigenvalue weighted by molar-refractivity contribution is 14.1. The summed E-state index contributed by atoms with van der Waals surface area (Å²) in [5.41, 5.74) is 1.92. The van der Waals surface area contributed by atoms with Gasteiger partial charge < -0.3 is 5.11 Å². The number of aromatic hydroxyl groups is 1. The normalized spacial score (nSPS) is 11.4. The maximum atomic E-state index is 12.5. The SMILES string of the molecule is CC(C)(C)c1ccc(O)c(C(=O)c2ccc(I)cc2)c1. The molecular formula is C17H17IO2. The third kappa shape index (κ3) is 3.20. The first-order valence-corrected chi connectivity index (χ1v) is 7.50. The van der Waals surface area contributed by atoms with E-state index in [0.29, 0.717) is 11.1 Å². The highest BCUT2D eigenvalue weighted by atomic mass is 127. The van der Waals surface area contributed by atoms with E-state index in [2.05, 4.69) is 43.4 Å². The Morgan fingerprint density at radius 2 is 1.65 bits per heavy atom. The van der Waals surface area contributed by atoms with Crippen molar-refractivity contribution in [2.75, 3.05) is 0 Å². The molecule has 1 N–H and O–H groups in total. The molecule has 0 aliphatic heterocycles. The molecule has 0 heterocycles. The van der Waals surface area contributed by atoms with Gasteiger partial charge in [-0.3, -0.25) is 4.79 Å². The number of hydrogen-bond acceptors (Lipinski definition) is 2. The van der Waals surface area contributed by atoms with E-state index in [4.69, 9.17) is 0 Å². The van der Waals surface area contributed by atoms with Crippen molar-refractivity contribution >= 4 is 28.4 Å². The Labute approximate surface area is 133 Å². The molecule has 0 amide bonds. The highest BCUT2D eigenvalue weighted by Gasteiger charge is 2.19. The van der Waals surface area contributed by atoms with Crippen molar-refractivity contribution in [3.8, 4) is 5.75 Å². The van der Waals surface area contributed by atoms with Crippen LogP contribution in [0.5, 0.6) is 5.75 Å². The van der Waals surface area contributed by atoms with Crippen LogP contribution in [0.15, 0.2) is 42.5 Å². The lowest BCUT2D eigenvalue weighted by molar-refractivity contribution is 0.103. The van der Waals surface area contributed by atoms with Crippen molar-refractivity contribution in [1.82, 2.24) is 0 Å². The second kappa shape index (κ2) is 5.56. The summed E-state index contributed by atoms with van der Waals surface area (Å²) in [5.74, 6) is -0.119. The molecule has 0 aliphatic carbocycles. The zero-order valence-electron chi connectivity index (χ0n) is 11.8. The third-order valence-electron chi connectivity index (χ3n) is 3.21. The summed E-state index contributed by atoms with van der Waals surface area (Å²) in [6.07, 6.45) is 0. The Bertz CT molecular complexity index is 637. The Hall–Kier alpha value is -1.36. The van der Waals surface area contributed by atoms with E-state index in [1.807, 2.05) is 18.2 Å². The molecule has 0 spiro atoms. The van der Waals surface area contributed by atoms with E-state index in [1.165, 1.54) is 0 Å². The van der Waals surface area contributed by atoms with Crippen LogP contribution in [-0.2, 0) is 5.41 Å². The van der Waals surface area contributed by atoms with Crippen molar-refractivity contribution in [2.24, 2.45) is 0 Å². The van der Waals surface area contributed by atoms with Gasteiger partial charge in [0.15, 0.2) is 5.78 Å². The molecule has 0 aliphatic rings. The van der Waals surface area contributed by atoms with Gasteiger partial charge in [-0.2, -0.15) is 0 Å². The molecule has 0 saturated carbocycles. The molecule has 20 heavy (non-hydrogen) atoms. The van der Waals surface area contributed by atoms with Crippen LogP contribution < -0.4 is 0 Å². The number of benzene rings is 2. The lowest BCUT2D eigenvalue weighted by Gasteiger charge is -2.20. The molecule has 3 heteroatoms. The van der Waals surface area contributed by atoms with E-state index in [0.717, 1.165) is 9.13 Å². The number of hydrogen-bond donors (Lipinski definition) is 1. The molecule has 0 atom stereocenters. The number of phenolic OH excluding ortho intramolecular Hbond substituents is 1. The van der Waals surface area contributed by atoms with Crippen LogP contribution in [0.2, 0.25) is 0 Å². The molecule has 2 aromatic rings. The van der Waals surface area contributed by atoms with Crippen molar-refractivity contribution < 1.29 is 9.90 Å². The quantitative estimate of drug-likeness (QED) is 0.614. The molecule has 2 aromatic carbocycles. The van der Waals surface area contributed by atoms with Crippen LogP contribution in [0.3, 0.4) is 0 Å². The van der Waals surface area contributed by atoms with Crippen molar-refractivity contribution in [2.45, 2.75) is 26.2 Å². The Balaban J connectivity index is 2.46. The molecule has 0 aromatic heterocycles. The summed E-state index contributed by atoms with van der Waals surface area (Å²) in [6, 6.07) is 12.6. The summed E-state index contributed by atoms with van der Waals surface area (Å²) >= 11 is 2.20. The minimum absolute atomic E-state index is 0.0292. The van der Waals surface area contributed by atoms with Gasteiger partial charge in [-0.05, 0) is 70.0 Å². The lowest BCUT2D eigenvalue weighted by atomic mass is 9.85. The fourth-order valence-electron chi connectivity index (χ4n) is 1.94. The van der Waals surface area contributed by atoms with Crippen LogP contribution in [-0.4, -0.2) is 10.9 Å². The number of phenols is 1. The zero-order chi connectivity index (χ0) is 14.9. The Morgan fingerprint density at radius 3 is 2.20 bits per heavy atom. The highest BCUT2D eigenvalue weighted by Crippen LogP contribution is 2.28. The van der Waals surface area contributed by atoms with Crippen LogP contribution in [0.4, 0.5) is 0 Å². The fraction of sp³-hybridized carbons (Fsp3) is 0.235. The maximum absolute atomic E-state index is 12.5. The van der Waals surface area contributed by atoms with Crippen molar-refractivity contribution in [3.63, 3.8) is 0 Å². The van der Waals surface area contributed by atoms with Gasteiger partial charge >= 0.3 is 0 Å². The third-order valence-corrected chi connectivity index (χ3v) is 3.93. The minimum Gasteiger partial charge on any atom is -0.507 e. The summed E-state index contributed by atoms with van der Waals surface area (Å²) in [4.78, 5) is 12.5.